The summed E-state index contributed by atoms with van der Waals surface area (Å²) in [6.07, 6.45) is 2.06. The SMILES string of the molecule is CC[C@H](N[S+]=O)c1cc(=O)n(C)cc1-c1cc(CS(=O)(=O)CC)ccc1C(=O)c1ccc(F)cc1. The lowest BCUT2D eigenvalue weighted by Crippen LogP contribution is -2.23. The smallest absolute Gasteiger partial charge is 0.318 e. The molecule has 184 valence electrons. The highest BCUT2D eigenvalue weighted by atomic mass is 32.2. The standard InChI is InChI=1S/C25H26FN2O5S2/c1-4-23(27-34-31)21-13-24(29)28(3)14-22(21)20-12-16(15-35(32,33)5-2)6-11-19(20)25(30)17-7-9-18(26)10-8-17/h6-14,23H,4-5,15H2,1-3H3,(H,27,31)/q+1/t23-/m0/s1. The molecular formula is C25H26FN2O5S2+. The van der Waals surface area contributed by atoms with Crippen LogP contribution in [0.1, 0.15) is 53.4 Å². The Balaban J connectivity index is 2.31. The average Bonchev–Trinajstić information content (AvgIpc) is 2.84. The zero-order chi connectivity index (χ0) is 25.8. The van der Waals surface area contributed by atoms with E-state index in [0.717, 1.165) is 0 Å². The molecule has 2 aromatic carbocycles. The fourth-order valence-electron chi connectivity index (χ4n) is 3.80. The summed E-state index contributed by atoms with van der Waals surface area (Å²) in [5, 5.41) is 0. The second kappa shape index (κ2) is 11.1. The van der Waals surface area contributed by atoms with Crippen LogP contribution in [0.2, 0.25) is 0 Å². The van der Waals surface area contributed by atoms with Gasteiger partial charge in [-0.25, -0.2) is 12.8 Å². The van der Waals surface area contributed by atoms with Crippen LogP contribution in [0.4, 0.5) is 4.39 Å². The van der Waals surface area contributed by atoms with Gasteiger partial charge in [-0.3, -0.25) is 9.59 Å². The van der Waals surface area contributed by atoms with Crippen molar-refractivity contribution in [3.63, 3.8) is 0 Å². The first-order valence-electron chi connectivity index (χ1n) is 11.0. The number of rotatable bonds is 10. The molecule has 1 aromatic heterocycles. The maximum absolute atomic E-state index is 13.5. The Morgan fingerprint density at radius 3 is 2.37 bits per heavy atom. The minimum atomic E-state index is -3.35. The molecule has 1 heterocycles. The molecule has 0 aliphatic carbocycles. The normalized spacial score (nSPS) is 12.3. The van der Waals surface area contributed by atoms with Crippen molar-refractivity contribution in [2.75, 3.05) is 5.75 Å². The van der Waals surface area contributed by atoms with Crippen LogP contribution in [-0.4, -0.2) is 24.5 Å². The van der Waals surface area contributed by atoms with Crippen LogP contribution < -0.4 is 10.3 Å². The summed E-state index contributed by atoms with van der Waals surface area (Å²) < 4.78 is 53.4. The van der Waals surface area contributed by atoms with E-state index in [-0.39, 0.29) is 45.8 Å². The number of hydrogen-bond donors (Lipinski definition) is 1. The fourth-order valence-corrected chi connectivity index (χ4v) is 5.10. The van der Waals surface area contributed by atoms with Crippen molar-refractivity contribution in [3.05, 3.63) is 93.2 Å². The van der Waals surface area contributed by atoms with Crippen LogP contribution in [0.25, 0.3) is 11.1 Å². The van der Waals surface area contributed by atoms with E-state index in [2.05, 4.69) is 4.72 Å². The first-order chi connectivity index (χ1) is 16.6. The third-order valence-corrected chi connectivity index (χ3v) is 7.82. The number of ketones is 1. The van der Waals surface area contributed by atoms with Crippen LogP contribution in [0.15, 0.2) is 59.5 Å². The van der Waals surface area contributed by atoms with Crippen molar-refractivity contribution < 1.29 is 21.8 Å². The predicted molar refractivity (Wildman–Crippen MR) is 134 cm³/mol. The van der Waals surface area contributed by atoms with Crippen molar-refractivity contribution >= 4 is 27.5 Å². The maximum Gasteiger partial charge on any atom is 0.588 e. The molecule has 0 fully saturated rings. The van der Waals surface area contributed by atoms with Crippen molar-refractivity contribution in [1.82, 2.24) is 9.29 Å². The van der Waals surface area contributed by atoms with Gasteiger partial charge in [0.15, 0.2) is 15.6 Å². The fraction of sp³-hybridized carbons (Fsp3) is 0.280. The van der Waals surface area contributed by atoms with Gasteiger partial charge in [0.25, 0.3) is 5.56 Å². The number of pyridine rings is 1. The highest BCUT2D eigenvalue weighted by molar-refractivity contribution is 7.90. The number of nitrogens with zero attached hydrogens (tertiary/aromatic N) is 1. The Kier molecular flexibility index (Phi) is 8.42. The number of hydrogen-bond acceptors (Lipinski definition) is 5. The molecule has 1 atom stereocenters. The van der Waals surface area contributed by atoms with Gasteiger partial charge in [0.1, 0.15) is 5.82 Å². The Labute approximate surface area is 207 Å². The number of carbonyl (C=O) groups excluding carboxylic acids is 1. The van der Waals surface area contributed by atoms with Crippen LogP contribution >= 0.6 is 0 Å². The minimum absolute atomic E-state index is 0.0355. The topological polar surface area (TPSA) is 102 Å². The van der Waals surface area contributed by atoms with Gasteiger partial charge >= 0.3 is 11.9 Å². The van der Waals surface area contributed by atoms with Gasteiger partial charge in [0.05, 0.1) is 16.0 Å². The number of aromatic nitrogens is 1. The first kappa shape index (κ1) is 26.5. The lowest BCUT2D eigenvalue weighted by Gasteiger charge is -2.19. The second-order valence-corrected chi connectivity index (χ2v) is 10.9. The van der Waals surface area contributed by atoms with Crippen molar-refractivity contribution in [2.24, 2.45) is 7.05 Å². The highest BCUT2D eigenvalue weighted by Crippen LogP contribution is 2.33. The predicted octanol–water partition coefficient (Wildman–Crippen LogP) is 3.74. The van der Waals surface area contributed by atoms with E-state index in [1.165, 1.54) is 34.9 Å². The maximum atomic E-state index is 13.5. The van der Waals surface area contributed by atoms with Gasteiger partial charge in [0, 0.05) is 41.8 Å². The van der Waals surface area contributed by atoms with Gasteiger partial charge in [-0.1, -0.05) is 26.0 Å². The van der Waals surface area contributed by atoms with E-state index in [1.807, 2.05) is 6.92 Å². The average molecular weight is 518 g/mol. The first-order valence-corrected chi connectivity index (χ1v) is 13.5. The Morgan fingerprint density at radius 1 is 1.09 bits per heavy atom. The number of aryl methyl sites for hydroxylation is 1. The lowest BCUT2D eigenvalue weighted by molar-refractivity contribution is 0.103. The van der Waals surface area contributed by atoms with Gasteiger partial charge in [-0.15, -0.1) is 0 Å². The van der Waals surface area contributed by atoms with Crippen LogP contribution in [0, 0.1) is 5.82 Å². The summed E-state index contributed by atoms with van der Waals surface area (Å²) in [6.45, 7) is 3.41. The molecular weight excluding hydrogens is 491 g/mol. The summed E-state index contributed by atoms with van der Waals surface area (Å²) in [7, 11) is -1.79. The number of nitrogens with one attached hydrogen (secondary N) is 1. The van der Waals surface area contributed by atoms with E-state index in [4.69, 9.17) is 0 Å². The van der Waals surface area contributed by atoms with Gasteiger partial charge in [-0.05, 0) is 58.2 Å². The Bertz CT molecular complexity index is 1420. The minimum Gasteiger partial charge on any atom is -0.318 e. The second-order valence-electron chi connectivity index (χ2n) is 8.15. The van der Waals surface area contributed by atoms with E-state index >= 15 is 0 Å². The van der Waals surface area contributed by atoms with Crippen LogP contribution in [-0.2, 0) is 38.7 Å². The van der Waals surface area contributed by atoms with Crippen molar-refractivity contribution in [2.45, 2.75) is 32.1 Å². The van der Waals surface area contributed by atoms with Crippen LogP contribution in [0.5, 0.6) is 0 Å². The van der Waals surface area contributed by atoms with E-state index in [9.17, 15) is 26.6 Å². The Hall–Kier alpha value is -3.08. The molecule has 0 saturated carbocycles. The molecule has 10 heteroatoms. The number of sulfone groups is 1. The summed E-state index contributed by atoms with van der Waals surface area (Å²) in [4.78, 5) is 25.9. The zero-order valence-corrected chi connectivity index (χ0v) is 21.2. The molecule has 0 radical (unpaired) electrons. The molecule has 0 spiro atoms. The number of halogens is 1. The third-order valence-electron chi connectivity index (χ3n) is 5.79. The molecule has 3 aromatic rings. The quantitative estimate of drug-likeness (QED) is 0.251. The summed E-state index contributed by atoms with van der Waals surface area (Å²) >= 11 is 0.175. The lowest BCUT2D eigenvalue weighted by atomic mass is 9.89. The van der Waals surface area contributed by atoms with Gasteiger partial charge < -0.3 is 4.57 Å². The largest absolute Gasteiger partial charge is 0.588 e. The summed E-state index contributed by atoms with van der Waals surface area (Å²) in [6, 6.07) is 10.8. The molecule has 3 rings (SSSR count). The van der Waals surface area contributed by atoms with Crippen LogP contribution in [0.3, 0.4) is 0 Å². The third kappa shape index (κ3) is 6.14. The molecule has 0 bridgehead atoms. The van der Waals surface area contributed by atoms with E-state index in [1.54, 1.807) is 38.4 Å². The molecule has 0 unspecified atom stereocenters. The molecule has 0 aliphatic heterocycles. The highest BCUT2D eigenvalue weighted by Gasteiger charge is 2.25. The summed E-state index contributed by atoms with van der Waals surface area (Å²) in [5.74, 6) is -1.11. The molecule has 0 saturated heterocycles. The molecule has 0 amide bonds. The number of benzene rings is 2. The van der Waals surface area contributed by atoms with Gasteiger partial charge in [0.2, 0.25) is 0 Å². The molecule has 0 aliphatic rings. The molecule has 7 nitrogen and oxygen atoms in total. The van der Waals surface area contributed by atoms with E-state index < -0.39 is 21.7 Å². The molecule has 35 heavy (non-hydrogen) atoms. The van der Waals surface area contributed by atoms with E-state index in [0.29, 0.717) is 28.7 Å². The van der Waals surface area contributed by atoms with Crippen molar-refractivity contribution in [3.8, 4) is 11.1 Å². The summed E-state index contributed by atoms with van der Waals surface area (Å²) in [5.41, 5.74) is 2.16. The van der Waals surface area contributed by atoms with Crippen molar-refractivity contribution in [1.29, 1.82) is 0 Å². The number of carbonyl (C=O) groups is 1. The van der Waals surface area contributed by atoms with Gasteiger partial charge in [-0.2, -0.15) is 0 Å². The zero-order valence-electron chi connectivity index (χ0n) is 19.6. The molecule has 1 N–H and O–H groups in total. The Morgan fingerprint density at radius 2 is 1.77 bits per heavy atom. The monoisotopic (exact) mass is 517 g/mol.